The number of nitrogens with two attached hydrogens (primary N) is 1. The van der Waals surface area contributed by atoms with Crippen LogP contribution < -0.4 is 10.6 Å². The topological polar surface area (TPSA) is 85.0 Å². The van der Waals surface area contributed by atoms with Gasteiger partial charge in [-0.2, -0.15) is 0 Å². The highest BCUT2D eigenvalue weighted by Gasteiger charge is 2.27. The molecule has 1 aromatic heterocycles. The summed E-state index contributed by atoms with van der Waals surface area (Å²) < 4.78 is 3.71. The van der Waals surface area contributed by atoms with Gasteiger partial charge in [0, 0.05) is 24.5 Å². The molecule has 92 valence electrons. The Bertz CT molecular complexity index is 583. The first-order valence-electron chi connectivity index (χ1n) is 5.59. The van der Waals surface area contributed by atoms with Crippen LogP contribution in [0, 0.1) is 0 Å². The highest BCUT2D eigenvalue weighted by Crippen LogP contribution is 2.34. The van der Waals surface area contributed by atoms with Crippen molar-refractivity contribution in [1.82, 2.24) is 14.8 Å². The van der Waals surface area contributed by atoms with Crippen molar-refractivity contribution in [3.63, 3.8) is 0 Å². The molecule has 2 N–H and O–H groups in total. The lowest BCUT2D eigenvalue weighted by Crippen LogP contribution is -2.30. The zero-order valence-electron chi connectivity index (χ0n) is 9.54. The van der Waals surface area contributed by atoms with Crippen LogP contribution in [0.4, 0.5) is 10.8 Å². The second kappa shape index (κ2) is 4.43. The first-order chi connectivity index (χ1) is 8.79. The van der Waals surface area contributed by atoms with Crippen LogP contribution in [-0.2, 0) is 17.8 Å². The second-order valence-electron chi connectivity index (χ2n) is 4.04. The van der Waals surface area contributed by atoms with E-state index in [2.05, 4.69) is 14.8 Å². The molecular formula is C11H11N5OS. The lowest BCUT2D eigenvalue weighted by molar-refractivity contribution is -0.118. The van der Waals surface area contributed by atoms with Crippen molar-refractivity contribution in [3.05, 3.63) is 29.3 Å². The quantitative estimate of drug-likeness (QED) is 0.871. The first kappa shape index (κ1) is 11.2. The molecule has 0 unspecified atom stereocenters. The molecule has 0 bridgehead atoms. The monoisotopic (exact) mass is 261 g/mol. The fourth-order valence-electron chi connectivity index (χ4n) is 2.10. The summed E-state index contributed by atoms with van der Waals surface area (Å²) in [5.41, 5.74) is 8.68. The SMILES string of the molecule is NCc1ccc2c(c1)CCC(=O)N2c1nnns1. The van der Waals surface area contributed by atoms with Gasteiger partial charge in [0.15, 0.2) is 0 Å². The van der Waals surface area contributed by atoms with Crippen LogP contribution in [0.1, 0.15) is 17.5 Å². The number of nitrogens with zero attached hydrogens (tertiary/aromatic N) is 4. The van der Waals surface area contributed by atoms with Crippen LogP contribution >= 0.6 is 11.5 Å². The summed E-state index contributed by atoms with van der Waals surface area (Å²) in [7, 11) is 0. The van der Waals surface area contributed by atoms with Gasteiger partial charge >= 0.3 is 0 Å². The molecule has 0 aliphatic carbocycles. The Kier molecular flexibility index (Phi) is 2.77. The average molecular weight is 261 g/mol. The Hall–Kier alpha value is -1.86. The number of anilines is 2. The van der Waals surface area contributed by atoms with Crippen LogP contribution in [-0.4, -0.2) is 20.7 Å². The number of amides is 1. The number of carbonyl (C=O) groups excluding carboxylic acids is 1. The van der Waals surface area contributed by atoms with Crippen molar-refractivity contribution in [2.45, 2.75) is 19.4 Å². The Labute approximate surface area is 108 Å². The van der Waals surface area contributed by atoms with Crippen LogP contribution in [0.15, 0.2) is 18.2 Å². The number of hydrogen-bond donors (Lipinski definition) is 1. The number of rotatable bonds is 2. The van der Waals surface area contributed by atoms with E-state index in [1.165, 1.54) is 0 Å². The largest absolute Gasteiger partial charge is 0.326 e. The van der Waals surface area contributed by atoms with Gasteiger partial charge in [0.1, 0.15) is 0 Å². The number of hydrogen-bond acceptors (Lipinski definition) is 6. The van der Waals surface area contributed by atoms with Crippen LogP contribution in [0.3, 0.4) is 0 Å². The van der Waals surface area contributed by atoms with Crippen molar-refractivity contribution < 1.29 is 4.79 Å². The van der Waals surface area contributed by atoms with Gasteiger partial charge in [-0.15, -0.1) is 0 Å². The van der Waals surface area contributed by atoms with Gasteiger partial charge in [-0.1, -0.05) is 21.7 Å². The van der Waals surface area contributed by atoms with Crippen molar-refractivity contribution in [1.29, 1.82) is 0 Å². The van der Waals surface area contributed by atoms with Gasteiger partial charge in [0.2, 0.25) is 11.0 Å². The molecule has 1 aliphatic heterocycles. The minimum Gasteiger partial charge on any atom is -0.326 e. The molecule has 3 rings (SSSR count). The average Bonchev–Trinajstić information content (AvgIpc) is 2.91. The van der Waals surface area contributed by atoms with Crippen LogP contribution in [0.25, 0.3) is 0 Å². The molecule has 1 aliphatic rings. The smallest absolute Gasteiger partial charge is 0.239 e. The fraction of sp³-hybridized carbons (Fsp3) is 0.273. The summed E-state index contributed by atoms with van der Waals surface area (Å²) in [6, 6.07) is 5.89. The predicted octanol–water partition coefficient (Wildman–Crippen LogP) is 1.00. The molecule has 7 heteroatoms. The molecule has 0 spiro atoms. The van der Waals surface area contributed by atoms with E-state index in [9.17, 15) is 4.79 Å². The number of benzene rings is 1. The normalized spacial score (nSPS) is 14.7. The molecule has 0 saturated heterocycles. The van der Waals surface area contributed by atoms with E-state index in [1.807, 2.05) is 18.2 Å². The van der Waals surface area contributed by atoms with E-state index in [0.29, 0.717) is 18.1 Å². The molecular weight excluding hydrogens is 250 g/mol. The minimum atomic E-state index is 0.0292. The van der Waals surface area contributed by atoms with Gasteiger partial charge in [-0.05, 0) is 28.8 Å². The summed E-state index contributed by atoms with van der Waals surface area (Å²) in [4.78, 5) is 13.6. The number of aryl methyl sites for hydroxylation is 1. The van der Waals surface area contributed by atoms with Crippen LogP contribution in [0.5, 0.6) is 0 Å². The highest BCUT2D eigenvalue weighted by molar-refractivity contribution is 7.09. The van der Waals surface area contributed by atoms with E-state index in [4.69, 9.17) is 5.73 Å². The van der Waals surface area contributed by atoms with Crippen molar-refractivity contribution in [2.75, 3.05) is 4.90 Å². The molecule has 0 atom stereocenters. The van der Waals surface area contributed by atoms with Gasteiger partial charge in [-0.25, -0.2) is 0 Å². The maximum atomic E-state index is 12.0. The van der Waals surface area contributed by atoms with E-state index >= 15 is 0 Å². The standard InChI is InChI=1S/C11H11N5OS/c12-6-7-1-3-9-8(5-7)2-4-10(17)16(9)11-13-14-15-18-11/h1,3,5H,2,4,6,12H2. The van der Waals surface area contributed by atoms with E-state index < -0.39 is 0 Å². The number of aromatic nitrogens is 3. The van der Waals surface area contributed by atoms with Crippen molar-refractivity contribution >= 4 is 28.3 Å². The second-order valence-corrected chi connectivity index (χ2v) is 4.75. The summed E-state index contributed by atoms with van der Waals surface area (Å²) >= 11 is 1.11. The van der Waals surface area contributed by atoms with E-state index in [0.717, 1.165) is 34.8 Å². The third-order valence-electron chi connectivity index (χ3n) is 2.96. The Morgan fingerprint density at radius 2 is 2.28 bits per heavy atom. The first-order valence-corrected chi connectivity index (χ1v) is 6.37. The maximum Gasteiger partial charge on any atom is 0.239 e. The Balaban J connectivity index is 2.09. The number of fused-ring (bicyclic) bond motifs is 1. The molecule has 0 fully saturated rings. The zero-order chi connectivity index (χ0) is 12.5. The zero-order valence-corrected chi connectivity index (χ0v) is 10.4. The summed E-state index contributed by atoms with van der Waals surface area (Å²) in [6.45, 7) is 0.502. The Morgan fingerprint density at radius 1 is 1.39 bits per heavy atom. The van der Waals surface area contributed by atoms with E-state index in [1.54, 1.807) is 4.90 Å². The predicted molar refractivity (Wildman–Crippen MR) is 67.5 cm³/mol. The van der Waals surface area contributed by atoms with Gasteiger partial charge in [0.05, 0.1) is 5.69 Å². The third-order valence-corrected chi connectivity index (χ3v) is 3.54. The molecule has 1 amide bonds. The lowest BCUT2D eigenvalue weighted by Gasteiger charge is -2.26. The summed E-state index contributed by atoms with van der Waals surface area (Å²) in [6.07, 6.45) is 1.21. The van der Waals surface area contributed by atoms with Gasteiger partial charge in [-0.3, -0.25) is 9.69 Å². The summed E-state index contributed by atoms with van der Waals surface area (Å²) in [5, 5.41) is 7.93. The van der Waals surface area contributed by atoms with Crippen molar-refractivity contribution in [2.24, 2.45) is 5.73 Å². The maximum absolute atomic E-state index is 12.0. The molecule has 2 heterocycles. The molecule has 18 heavy (non-hydrogen) atoms. The van der Waals surface area contributed by atoms with Crippen molar-refractivity contribution in [3.8, 4) is 0 Å². The highest BCUT2D eigenvalue weighted by atomic mass is 32.1. The van der Waals surface area contributed by atoms with E-state index in [-0.39, 0.29) is 5.91 Å². The van der Waals surface area contributed by atoms with Crippen LogP contribution in [0.2, 0.25) is 0 Å². The molecule has 2 aromatic rings. The summed E-state index contributed by atoms with van der Waals surface area (Å²) in [5.74, 6) is 0.0292. The fourth-order valence-corrected chi connectivity index (χ4v) is 2.60. The molecule has 0 radical (unpaired) electrons. The van der Waals surface area contributed by atoms with Gasteiger partial charge < -0.3 is 5.73 Å². The molecule has 6 nitrogen and oxygen atoms in total. The Morgan fingerprint density at radius 3 is 3.00 bits per heavy atom. The third kappa shape index (κ3) is 1.77. The van der Waals surface area contributed by atoms with Gasteiger partial charge in [0.25, 0.3) is 0 Å². The molecule has 0 saturated carbocycles. The lowest BCUT2D eigenvalue weighted by atomic mass is 9.99. The number of carbonyl (C=O) groups is 1. The molecule has 1 aromatic carbocycles. The minimum absolute atomic E-state index is 0.0292.